The van der Waals surface area contributed by atoms with E-state index in [4.69, 9.17) is 19.4 Å². The second-order valence-corrected chi connectivity index (χ2v) is 15.9. The number of para-hydroxylation sites is 3. The molecule has 0 unspecified atom stereocenters. The summed E-state index contributed by atoms with van der Waals surface area (Å²) in [6.45, 7) is 0. The highest BCUT2D eigenvalue weighted by atomic mass is 16.3. The normalized spacial score (nSPS) is 11.8. The molecule has 6 heteroatoms. The summed E-state index contributed by atoms with van der Waals surface area (Å²) in [5.74, 6) is 1.75. The Morgan fingerprint density at radius 3 is 1.43 bits per heavy atom. The van der Waals surface area contributed by atoms with E-state index in [1.54, 1.807) is 0 Å². The van der Waals surface area contributed by atoms with E-state index in [-0.39, 0.29) is 0 Å². The van der Waals surface area contributed by atoms with Crippen LogP contribution < -0.4 is 0 Å². The van der Waals surface area contributed by atoms with E-state index >= 15 is 0 Å². The lowest BCUT2D eigenvalue weighted by Gasteiger charge is -2.14. The number of benzene rings is 9. The molecule has 0 aliphatic heterocycles. The Kier molecular flexibility index (Phi) is 7.80. The summed E-state index contributed by atoms with van der Waals surface area (Å²) in [5.41, 5.74) is 13.2. The van der Waals surface area contributed by atoms with Gasteiger partial charge in [-0.25, -0.2) is 15.0 Å². The van der Waals surface area contributed by atoms with Gasteiger partial charge >= 0.3 is 0 Å². The Hall–Kier alpha value is -8.61. The third-order valence-corrected chi connectivity index (χ3v) is 12.4. The Morgan fingerprint density at radius 2 is 0.778 bits per heavy atom. The molecule has 9 aromatic carbocycles. The summed E-state index contributed by atoms with van der Waals surface area (Å²) in [6, 6.07) is 74.3. The van der Waals surface area contributed by atoms with E-state index in [9.17, 15) is 0 Å². The third kappa shape index (κ3) is 5.48. The zero-order chi connectivity index (χ0) is 41.4. The zero-order valence-corrected chi connectivity index (χ0v) is 33.9. The van der Waals surface area contributed by atoms with Crippen LogP contribution in [0.4, 0.5) is 0 Å². The van der Waals surface area contributed by atoms with Crippen molar-refractivity contribution in [2.24, 2.45) is 0 Å². The Morgan fingerprint density at radius 1 is 0.317 bits per heavy atom. The zero-order valence-electron chi connectivity index (χ0n) is 33.9. The van der Waals surface area contributed by atoms with Crippen molar-refractivity contribution in [1.29, 1.82) is 0 Å². The molecule has 0 saturated carbocycles. The van der Waals surface area contributed by atoms with Gasteiger partial charge in [0.1, 0.15) is 11.2 Å². The summed E-state index contributed by atoms with van der Waals surface area (Å²) in [4.78, 5) is 15.8. The number of hydrogen-bond donors (Lipinski definition) is 0. The van der Waals surface area contributed by atoms with Crippen LogP contribution in [0, 0.1) is 0 Å². The fourth-order valence-electron chi connectivity index (χ4n) is 9.65. The molecular weight excluding hydrogens is 771 g/mol. The molecule has 13 aromatic rings. The van der Waals surface area contributed by atoms with Gasteiger partial charge in [0.25, 0.3) is 0 Å². The number of aromatic nitrogens is 5. The molecule has 0 amide bonds. The number of rotatable bonds is 6. The van der Waals surface area contributed by atoms with Crippen molar-refractivity contribution < 1.29 is 4.42 Å². The first-order valence-electron chi connectivity index (χ1n) is 21.2. The molecule has 0 N–H and O–H groups in total. The summed E-state index contributed by atoms with van der Waals surface area (Å²) in [5, 5.41) is 6.80. The second kappa shape index (κ2) is 14.0. The van der Waals surface area contributed by atoms with Gasteiger partial charge in [-0.15, -0.1) is 0 Å². The van der Waals surface area contributed by atoms with E-state index in [1.807, 2.05) is 42.5 Å². The first-order chi connectivity index (χ1) is 31.3. The molecule has 294 valence electrons. The molecule has 4 aromatic heterocycles. The predicted molar refractivity (Wildman–Crippen MR) is 258 cm³/mol. The first kappa shape index (κ1) is 35.2. The van der Waals surface area contributed by atoms with Crippen LogP contribution in [0.1, 0.15) is 0 Å². The van der Waals surface area contributed by atoms with Crippen LogP contribution in [0.2, 0.25) is 0 Å². The van der Waals surface area contributed by atoms with Crippen LogP contribution >= 0.6 is 0 Å². The molecule has 0 saturated heterocycles. The number of hydrogen-bond acceptors (Lipinski definition) is 4. The average Bonchev–Trinajstić information content (AvgIpc) is 4.03. The summed E-state index contributed by atoms with van der Waals surface area (Å²) < 4.78 is 11.4. The largest absolute Gasteiger partial charge is 0.456 e. The van der Waals surface area contributed by atoms with Gasteiger partial charge in [0.05, 0.1) is 22.1 Å². The van der Waals surface area contributed by atoms with Crippen LogP contribution in [0.25, 0.3) is 122 Å². The molecule has 0 fully saturated rings. The Labute approximate surface area is 361 Å². The first-order valence-corrected chi connectivity index (χ1v) is 21.2. The SMILES string of the molecule is c1ccc(-c2nc(-c3cccc(-n4c5ccccc5c5ccc6c7ccccc7n(-c7ccccc7)c6c54)c3)nc(-c3cccc4oc5cccc(-c6ccccc6)c5c34)n2)cc1. The summed E-state index contributed by atoms with van der Waals surface area (Å²) in [7, 11) is 0. The summed E-state index contributed by atoms with van der Waals surface area (Å²) >= 11 is 0. The van der Waals surface area contributed by atoms with Crippen LogP contribution in [-0.2, 0) is 0 Å². The molecule has 0 spiro atoms. The highest BCUT2D eigenvalue weighted by Gasteiger charge is 2.23. The van der Waals surface area contributed by atoms with Gasteiger partial charge < -0.3 is 13.6 Å². The third-order valence-electron chi connectivity index (χ3n) is 12.4. The molecule has 6 nitrogen and oxygen atoms in total. The molecule has 0 aliphatic rings. The lowest BCUT2D eigenvalue weighted by atomic mass is 9.97. The van der Waals surface area contributed by atoms with Crippen molar-refractivity contribution in [3.05, 3.63) is 212 Å². The minimum absolute atomic E-state index is 0.575. The quantitative estimate of drug-likeness (QED) is 0.168. The smallest absolute Gasteiger partial charge is 0.164 e. The maximum atomic E-state index is 6.54. The van der Waals surface area contributed by atoms with Crippen LogP contribution in [0.15, 0.2) is 217 Å². The number of fused-ring (bicyclic) bond motifs is 10. The molecule has 13 rings (SSSR count). The van der Waals surface area contributed by atoms with Gasteiger partial charge in [0, 0.05) is 60.4 Å². The topological polar surface area (TPSA) is 61.7 Å². The van der Waals surface area contributed by atoms with Gasteiger partial charge in [-0.2, -0.15) is 0 Å². The highest BCUT2D eigenvalue weighted by Crippen LogP contribution is 2.44. The van der Waals surface area contributed by atoms with Crippen LogP contribution in [-0.4, -0.2) is 24.1 Å². The Balaban J connectivity index is 1.07. The van der Waals surface area contributed by atoms with Crippen LogP contribution in [0.5, 0.6) is 0 Å². The minimum Gasteiger partial charge on any atom is -0.456 e. The highest BCUT2D eigenvalue weighted by molar-refractivity contribution is 6.24. The van der Waals surface area contributed by atoms with Crippen molar-refractivity contribution in [3.8, 4) is 56.7 Å². The van der Waals surface area contributed by atoms with E-state index < -0.39 is 0 Å². The lowest BCUT2D eigenvalue weighted by molar-refractivity contribution is 0.669. The molecule has 0 atom stereocenters. The molecule has 63 heavy (non-hydrogen) atoms. The van der Waals surface area contributed by atoms with Crippen molar-refractivity contribution in [2.75, 3.05) is 0 Å². The van der Waals surface area contributed by atoms with Gasteiger partial charge in [-0.05, 0) is 59.7 Å². The predicted octanol–water partition coefficient (Wildman–Crippen LogP) is 14.6. The van der Waals surface area contributed by atoms with Gasteiger partial charge in [-0.1, -0.05) is 164 Å². The van der Waals surface area contributed by atoms with Crippen molar-refractivity contribution in [1.82, 2.24) is 24.1 Å². The molecule has 0 radical (unpaired) electrons. The fourth-order valence-corrected chi connectivity index (χ4v) is 9.65. The summed E-state index contributed by atoms with van der Waals surface area (Å²) in [6.07, 6.45) is 0. The Bertz CT molecular complexity index is 3900. The van der Waals surface area contributed by atoms with E-state index in [2.05, 4.69) is 179 Å². The standard InChI is InChI=1S/C57H35N5O/c1-4-17-36(18-5-1)41-27-15-31-49-51(41)52-46(28-16-32-50(52)63-49)57-59-55(37-19-6-2-7-20-37)58-56(60-57)38-21-14-24-40(35-38)62-48-30-13-11-26-43(48)45-34-33-44-42-25-10-12-29-47(42)61(53(44)54(45)62)39-22-8-3-9-23-39/h1-35H. The monoisotopic (exact) mass is 805 g/mol. The number of furan rings is 1. The fraction of sp³-hybridized carbons (Fsp3) is 0. The van der Waals surface area contributed by atoms with E-state index in [0.717, 1.165) is 77.7 Å². The lowest BCUT2D eigenvalue weighted by Crippen LogP contribution is -2.02. The van der Waals surface area contributed by atoms with Crippen molar-refractivity contribution in [3.63, 3.8) is 0 Å². The average molecular weight is 806 g/mol. The number of nitrogens with zero attached hydrogens (tertiary/aromatic N) is 5. The van der Waals surface area contributed by atoms with Gasteiger partial charge in [0.15, 0.2) is 17.5 Å². The minimum atomic E-state index is 0.575. The van der Waals surface area contributed by atoms with Gasteiger partial charge in [0.2, 0.25) is 0 Å². The van der Waals surface area contributed by atoms with Crippen molar-refractivity contribution >= 4 is 65.6 Å². The maximum absolute atomic E-state index is 6.54. The molecule has 0 aliphatic carbocycles. The van der Waals surface area contributed by atoms with Gasteiger partial charge in [-0.3, -0.25) is 0 Å². The van der Waals surface area contributed by atoms with E-state index in [1.165, 1.54) is 27.1 Å². The van der Waals surface area contributed by atoms with Crippen LogP contribution in [0.3, 0.4) is 0 Å². The second-order valence-electron chi connectivity index (χ2n) is 15.9. The molecular formula is C57H35N5O. The van der Waals surface area contributed by atoms with Crippen molar-refractivity contribution in [2.45, 2.75) is 0 Å². The van der Waals surface area contributed by atoms with E-state index in [0.29, 0.717) is 17.5 Å². The molecule has 0 bridgehead atoms. The molecule has 4 heterocycles. The maximum Gasteiger partial charge on any atom is 0.164 e.